The Morgan fingerprint density at radius 1 is 0.946 bits per heavy atom. The van der Waals surface area contributed by atoms with Crippen molar-refractivity contribution in [2.24, 2.45) is 0 Å². The molecule has 0 unspecified atom stereocenters. The summed E-state index contributed by atoms with van der Waals surface area (Å²) in [5.41, 5.74) is 1.53. The maximum Gasteiger partial charge on any atom is 0.264 e. The molecule has 0 aromatic heterocycles. The molecule has 37 heavy (non-hydrogen) atoms. The predicted octanol–water partition coefficient (Wildman–Crippen LogP) is 4.43. The van der Waals surface area contributed by atoms with Crippen LogP contribution in [0.15, 0.2) is 65.6 Å². The first-order chi connectivity index (χ1) is 17.9. The number of hydrogen-bond acceptors (Lipinski definition) is 7. The van der Waals surface area contributed by atoms with Gasteiger partial charge in [-0.3, -0.25) is 9.21 Å². The molecule has 0 spiro atoms. The number of nitrogens with zero attached hydrogens (tertiary/aromatic N) is 2. The minimum atomic E-state index is -3.96. The van der Waals surface area contributed by atoms with Gasteiger partial charge in [-0.2, -0.15) is 0 Å². The summed E-state index contributed by atoms with van der Waals surface area (Å²) >= 11 is 0. The summed E-state index contributed by atoms with van der Waals surface area (Å²) in [4.78, 5) is 2.32. The standard InChI is InChI=1S/C27H29FN2O6S/c1-33-23-7-3-19(26(16-23)34-2)17-29-13-11-21(12-14-29)30(22-6-10-25-27(15-22)36-18-35-25)37(31,32)24-8-4-20(28)5-9-24/h3-10,15-16,21H,11-14,17-18H2,1-2H3. The lowest BCUT2D eigenvalue weighted by molar-refractivity contribution is 0.174. The van der Waals surface area contributed by atoms with Crippen molar-refractivity contribution < 1.29 is 31.8 Å². The summed E-state index contributed by atoms with van der Waals surface area (Å²) in [6.45, 7) is 2.16. The highest BCUT2D eigenvalue weighted by molar-refractivity contribution is 7.92. The molecule has 0 bridgehead atoms. The third-order valence-electron chi connectivity index (χ3n) is 6.76. The highest BCUT2D eigenvalue weighted by Crippen LogP contribution is 2.39. The van der Waals surface area contributed by atoms with Crippen LogP contribution in [0.3, 0.4) is 0 Å². The molecular weight excluding hydrogens is 499 g/mol. The quantitative estimate of drug-likeness (QED) is 0.428. The summed E-state index contributed by atoms with van der Waals surface area (Å²) in [5.74, 6) is 2.06. The summed E-state index contributed by atoms with van der Waals surface area (Å²) in [6, 6.07) is 15.5. The van der Waals surface area contributed by atoms with Gasteiger partial charge in [0.25, 0.3) is 10.0 Å². The van der Waals surface area contributed by atoms with Crippen molar-refractivity contribution in [3.63, 3.8) is 0 Å². The van der Waals surface area contributed by atoms with E-state index < -0.39 is 15.8 Å². The highest BCUT2D eigenvalue weighted by atomic mass is 32.2. The lowest BCUT2D eigenvalue weighted by atomic mass is 10.0. The first-order valence-electron chi connectivity index (χ1n) is 12.0. The van der Waals surface area contributed by atoms with Gasteiger partial charge in [0.05, 0.1) is 24.8 Å². The van der Waals surface area contributed by atoms with Gasteiger partial charge in [-0.25, -0.2) is 12.8 Å². The fourth-order valence-electron chi connectivity index (χ4n) is 4.82. The predicted molar refractivity (Wildman–Crippen MR) is 136 cm³/mol. The first-order valence-corrected chi connectivity index (χ1v) is 13.5. The van der Waals surface area contributed by atoms with E-state index in [1.54, 1.807) is 32.4 Å². The van der Waals surface area contributed by atoms with Crippen molar-refractivity contribution in [2.45, 2.75) is 30.3 Å². The van der Waals surface area contributed by atoms with E-state index in [-0.39, 0.29) is 17.7 Å². The molecule has 10 heteroatoms. The average Bonchev–Trinajstić information content (AvgIpc) is 3.38. The molecule has 8 nitrogen and oxygen atoms in total. The van der Waals surface area contributed by atoms with E-state index in [0.717, 1.165) is 29.2 Å². The Bertz CT molecular complexity index is 1360. The number of fused-ring (bicyclic) bond motifs is 1. The normalized spacial score (nSPS) is 16.0. The van der Waals surface area contributed by atoms with Crippen LogP contribution >= 0.6 is 0 Å². The molecule has 1 fully saturated rings. The van der Waals surface area contributed by atoms with Crippen molar-refractivity contribution in [3.05, 3.63) is 72.0 Å². The molecule has 0 radical (unpaired) electrons. The number of anilines is 1. The molecule has 196 valence electrons. The van der Waals surface area contributed by atoms with E-state index in [1.165, 1.54) is 16.4 Å². The number of hydrogen-bond donors (Lipinski definition) is 0. The van der Waals surface area contributed by atoms with Gasteiger partial charge in [-0.15, -0.1) is 0 Å². The summed E-state index contributed by atoms with van der Waals surface area (Å²) < 4.78 is 64.5. The second kappa shape index (κ2) is 10.5. The number of rotatable bonds is 8. The number of likely N-dealkylation sites (tertiary alicyclic amines) is 1. The van der Waals surface area contributed by atoms with Crippen molar-refractivity contribution in [2.75, 3.05) is 38.4 Å². The van der Waals surface area contributed by atoms with Crippen LogP contribution in [0.1, 0.15) is 18.4 Å². The van der Waals surface area contributed by atoms with Crippen molar-refractivity contribution >= 4 is 15.7 Å². The van der Waals surface area contributed by atoms with E-state index in [0.29, 0.717) is 49.7 Å². The fraction of sp³-hybridized carbons (Fsp3) is 0.333. The smallest absolute Gasteiger partial charge is 0.264 e. The highest BCUT2D eigenvalue weighted by Gasteiger charge is 2.35. The van der Waals surface area contributed by atoms with E-state index in [2.05, 4.69) is 4.90 Å². The zero-order valence-electron chi connectivity index (χ0n) is 20.7. The van der Waals surface area contributed by atoms with Crippen molar-refractivity contribution in [1.82, 2.24) is 4.90 Å². The Morgan fingerprint density at radius 3 is 2.38 bits per heavy atom. The molecular formula is C27H29FN2O6S. The molecule has 3 aromatic carbocycles. The van der Waals surface area contributed by atoms with Crippen LogP contribution in [-0.2, 0) is 16.6 Å². The van der Waals surface area contributed by atoms with Crippen LogP contribution in [0.2, 0.25) is 0 Å². The average molecular weight is 529 g/mol. The van der Waals surface area contributed by atoms with Crippen molar-refractivity contribution in [1.29, 1.82) is 0 Å². The first kappa shape index (κ1) is 25.2. The largest absolute Gasteiger partial charge is 0.497 e. The van der Waals surface area contributed by atoms with E-state index >= 15 is 0 Å². The number of halogens is 1. The molecule has 0 saturated carbocycles. The molecule has 2 heterocycles. The van der Waals surface area contributed by atoms with Crippen LogP contribution < -0.4 is 23.3 Å². The Kier molecular flexibility index (Phi) is 7.12. The molecule has 2 aliphatic rings. The van der Waals surface area contributed by atoms with Crippen LogP contribution in [-0.4, -0.2) is 53.5 Å². The van der Waals surface area contributed by atoms with Crippen LogP contribution in [0, 0.1) is 5.82 Å². The molecule has 1 saturated heterocycles. The fourth-order valence-corrected chi connectivity index (χ4v) is 6.53. The lowest BCUT2D eigenvalue weighted by Gasteiger charge is -2.39. The number of benzene rings is 3. The second-order valence-electron chi connectivity index (χ2n) is 8.98. The second-order valence-corrected chi connectivity index (χ2v) is 10.8. The maximum atomic E-state index is 13.8. The Labute approximate surface area is 216 Å². The summed E-state index contributed by atoms with van der Waals surface area (Å²) in [7, 11) is -0.716. The van der Waals surface area contributed by atoms with Crippen LogP contribution in [0.5, 0.6) is 23.0 Å². The summed E-state index contributed by atoms with van der Waals surface area (Å²) in [5, 5.41) is 0. The van der Waals surface area contributed by atoms with Gasteiger partial charge in [0.1, 0.15) is 17.3 Å². The Balaban J connectivity index is 1.39. The van der Waals surface area contributed by atoms with Gasteiger partial charge in [0.2, 0.25) is 6.79 Å². The van der Waals surface area contributed by atoms with Gasteiger partial charge in [0.15, 0.2) is 11.5 Å². The maximum absolute atomic E-state index is 13.8. The van der Waals surface area contributed by atoms with E-state index in [4.69, 9.17) is 18.9 Å². The van der Waals surface area contributed by atoms with Gasteiger partial charge in [-0.05, 0) is 55.3 Å². The molecule has 0 atom stereocenters. The van der Waals surface area contributed by atoms with Gasteiger partial charge < -0.3 is 18.9 Å². The van der Waals surface area contributed by atoms with Gasteiger partial charge in [-0.1, -0.05) is 6.07 Å². The Hall–Kier alpha value is -3.50. The lowest BCUT2D eigenvalue weighted by Crippen LogP contribution is -2.47. The van der Waals surface area contributed by atoms with E-state index in [1.807, 2.05) is 18.2 Å². The van der Waals surface area contributed by atoms with Gasteiger partial charge in [0, 0.05) is 43.4 Å². The molecule has 5 rings (SSSR count). The minimum Gasteiger partial charge on any atom is -0.497 e. The third kappa shape index (κ3) is 5.17. The SMILES string of the molecule is COc1ccc(CN2CCC(N(c3ccc4c(c3)OCO4)S(=O)(=O)c3ccc(F)cc3)CC2)c(OC)c1. The molecule has 3 aromatic rings. The number of sulfonamides is 1. The molecule has 0 N–H and O–H groups in total. The summed E-state index contributed by atoms with van der Waals surface area (Å²) in [6.07, 6.45) is 1.24. The van der Waals surface area contributed by atoms with E-state index in [9.17, 15) is 12.8 Å². The van der Waals surface area contributed by atoms with Crippen molar-refractivity contribution in [3.8, 4) is 23.0 Å². The number of methoxy groups -OCH3 is 2. The molecule has 2 aliphatic heterocycles. The monoisotopic (exact) mass is 528 g/mol. The third-order valence-corrected chi connectivity index (χ3v) is 8.65. The zero-order chi connectivity index (χ0) is 26.0. The zero-order valence-corrected chi connectivity index (χ0v) is 21.5. The van der Waals surface area contributed by atoms with Crippen LogP contribution in [0.25, 0.3) is 0 Å². The Morgan fingerprint density at radius 2 is 1.68 bits per heavy atom. The van der Waals surface area contributed by atoms with Gasteiger partial charge >= 0.3 is 0 Å². The number of ether oxygens (including phenoxy) is 4. The molecule has 0 aliphatic carbocycles. The molecule has 0 amide bonds. The van der Waals surface area contributed by atoms with Crippen LogP contribution in [0.4, 0.5) is 10.1 Å². The topological polar surface area (TPSA) is 77.5 Å². The number of piperidine rings is 1. The minimum absolute atomic E-state index is 0.0389.